The predicted molar refractivity (Wildman–Crippen MR) is 108 cm³/mol. The summed E-state index contributed by atoms with van der Waals surface area (Å²) < 4.78 is 6.81. The molecule has 0 aliphatic rings. The van der Waals surface area contributed by atoms with Crippen molar-refractivity contribution < 1.29 is 4.42 Å². The van der Waals surface area contributed by atoms with Crippen molar-refractivity contribution in [3.05, 3.63) is 71.0 Å². The number of rotatable bonds is 5. The molecule has 3 N–H and O–H groups in total. The lowest BCUT2D eigenvalue weighted by Gasteiger charge is -2.06. The Labute approximate surface area is 159 Å². The van der Waals surface area contributed by atoms with Gasteiger partial charge in [0, 0.05) is 17.8 Å². The Kier molecular flexibility index (Phi) is 4.58. The second-order valence-electron chi connectivity index (χ2n) is 5.93. The third-order valence-electron chi connectivity index (χ3n) is 4.15. The van der Waals surface area contributed by atoms with E-state index in [4.69, 9.17) is 10.2 Å². The number of nitrogens with zero attached hydrogens (tertiary/aromatic N) is 2. The minimum absolute atomic E-state index is 0.556. The summed E-state index contributed by atoms with van der Waals surface area (Å²) in [6.07, 6.45) is 2.38. The molecule has 130 valence electrons. The van der Waals surface area contributed by atoms with Crippen LogP contribution < -0.4 is 11.1 Å². The van der Waals surface area contributed by atoms with Crippen molar-refractivity contribution in [3.63, 3.8) is 0 Å². The monoisotopic (exact) mass is 408 g/mol. The van der Waals surface area contributed by atoms with E-state index in [-0.39, 0.29) is 0 Å². The molecule has 4 aromatic rings. The maximum atomic E-state index is 5.95. The van der Waals surface area contributed by atoms with Gasteiger partial charge in [-0.1, -0.05) is 42.5 Å². The van der Waals surface area contributed by atoms with E-state index < -0.39 is 0 Å². The predicted octanol–water partition coefficient (Wildman–Crippen LogP) is 4.89. The summed E-state index contributed by atoms with van der Waals surface area (Å²) in [6.45, 7) is 0.744. The van der Waals surface area contributed by atoms with Crippen LogP contribution >= 0.6 is 15.9 Å². The SMILES string of the molecule is Nc1ccc(CCNc2ncnc3oc(-c4ccccc4)c(Br)c23)cc1. The van der Waals surface area contributed by atoms with Gasteiger partial charge in [0.25, 0.3) is 0 Å². The minimum atomic E-state index is 0.556. The molecule has 0 spiro atoms. The molecular weight excluding hydrogens is 392 g/mol. The van der Waals surface area contributed by atoms with Gasteiger partial charge in [-0.3, -0.25) is 0 Å². The summed E-state index contributed by atoms with van der Waals surface area (Å²) in [7, 11) is 0. The van der Waals surface area contributed by atoms with Crippen molar-refractivity contribution in [2.45, 2.75) is 6.42 Å². The zero-order valence-corrected chi connectivity index (χ0v) is 15.5. The van der Waals surface area contributed by atoms with Crippen LogP contribution in [0.4, 0.5) is 11.5 Å². The van der Waals surface area contributed by atoms with Gasteiger partial charge in [-0.2, -0.15) is 0 Å². The highest BCUT2D eigenvalue weighted by molar-refractivity contribution is 9.10. The van der Waals surface area contributed by atoms with E-state index in [2.05, 4.69) is 31.2 Å². The van der Waals surface area contributed by atoms with Gasteiger partial charge in [0.2, 0.25) is 5.71 Å². The summed E-state index contributed by atoms with van der Waals surface area (Å²) in [5.74, 6) is 1.51. The van der Waals surface area contributed by atoms with Gasteiger partial charge in [0.05, 0.1) is 9.86 Å². The van der Waals surface area contributed by atoms with Crippen molar-refractivity contribution in [3.8, 4) is 11.3 Å². The number of nitrogens with one attached hydrogen (secondary N) is 1. The Bertz CT molecular complexity index is 1030. The first-order valence-corrected chi connectivity index (χ1v) is 9.08. The van der Waals surface area contributed by atoms with E-state index in [1.807, 2.05) is 54.6 Å². The average Bonchev–Trinajstić information content (AvgIpc) is 3.02. The van der Waals surface area contributed by atoms with Crippen LogP contribution in [0.25, 0.3) is 22.4 Å². The molecule has 0 amide bonds. The minimum Gasteiger partial charge on any atom is -0.436 e. The number of hydrogen-bond donors (Lipinski definition) is 2. The molecule has 2 aromatic heterocycles. The van der Waals surface area contributed by atoms with E-state index in [0.717, 1.165) is 45.7 Å². The van der Waals surface area contributed by atoms with E-state index in [0.29, 0.717) is 5.71 Å². The number of fused-ring (bicyclic) bond motifs is 1. The van der Waals surface area contributed by atoms with Crippen molar-refractivity contribution in [2.24, 2.45) is 0 Å². The van der Waals surface area contributed by atoms with Gasteiger partial charge >= 0.3 is 0 Å². The van der Waals surface area contributed by atoms with Crippen LogP contribution in [0.3, 0.4) is 0 Å². The van der Waals surface area contributed by atoms with Crippen LogP contribution in [0.1, 0.15) is 5.56 Å². The van der Waals surface area contributed by atoms with Crippen molar-refractivity contribution in [2.75, 3.05) is 17.6 Å². The summed E-state index contributed by atoms with van der Waals surface area (Å²) in [6, 6.07) is 17.8. The molecular formula is C20H17BrN4O. The number of benzene rings is 2. The Morgan fingerprint density at radius 2 is 1.77 bits per heavy atom. The molecule has 0 saturated heterocycles. The largest absolute Gasteiger partial charge is 0.436 e. The van der Waals surface area contributed by atoms with Gasteiger partial charge in [-0.25, -0.2) is 9.97 Å². The first kappa shape index (κ1) is 16.6. The molecule has 2 aromatic carbocycles. The number of halogens is 1. The normalized spacial score (nSPS) is 11.0. The number of furan rings is 1. The molecule has 0 fully saturated rings. The summed E-state index contributed by atoms with van der Waals surface area (Å²) in [5.41, 5.74) is 9.26. The first-order chi connectivity index (χ1) is 12.7. The fourth-order valence-electron chi connectivity index (χ4n) is 2.82. The fraction of sp³-hybridized carbons (Fsp3) is 0.100. The van der Waals surface area contributed by atoms with Crippen LogP contribution in [0.15, 0.2) is 69.8 Å². The lowest BCUT2D eigenvalue weighted by Crippen LogP contribution is -2.07. The molecule has 5 nitrogen and oxygen atoms in total. The number of nitrogens with two attached hydrogens (primary N) is 1. The standard InChI is InChI=1S/C20H17BrN4O/c21-17-16-19(23-11-10-13-6-8-15(22)9-7-13)24-12-25-20(16)26-18(17)14-4-2-1-3-5-14/h1-9,12H,10-11,22H2,(H,23,24,25). The highest BCUT2D eigenvalue weighted by Crippen LogP contribution is 2.39. The topological polar surface area (TPSA) is 77.0 Å². The Balaban J connectivity index is 1.59. The Morgan fingerprint density at radius 1 is 1.00 bits per heavy atom. The summed E-state index contributed by atoms with van der Waals surface area (Å²) in [4.78, 5) is 8.65. The number of hydrogen-bond acceptors (Lipinski definition) is 5. The fourth-order valence-corrected chi connectivity index (χ4v) is 3.49. The highest BCUT2D eigenvalue weighted by atomic mass is 79.9. The lowest BCUT2D eigenvalue weighted by atomic mass is 10.1. The van der Waals surface area contributed by atoms with Crippen LogP contribution in [-0.4, -0.2) is 16.5 Å². The highest BCUT2D eigenvalue weighted by Gasteiger charge is 2.18. The molecule has 26 heavy (non-hydrogen) atoms. The molecule has 0 aliphatic carbocycles. The molecule has 4 rings (SSSR count). The van der Waals surface area contributed by atoms with Crippen LogP contribution in [-0.2, 0) is 6.42 Å². The molecule has 0 aliphatic heterocycles. The second kappa shape index (κ2) is 7.17. The summed E-state index contributed by atoms with van der Waals surface area (Å²) in [5, 5.41) is 4.23. The van der Waals surface area contributed by atoms with Gasteiger partial charge in [0.15, 0.2) is 5.76 Å². The van der Waals surface area contributed by atoms with Crippen LogP contribution in [0, 0.1) is 0 Å². The Hall–Kier alpha value is -2.86. The Morgan fingerprint density at radius 3 is 2.54 bits per heavy atom. The molecule has 0 unspecified atom stereocenters. The maximum absolute atomic E-state index is 5.95. The molecule has 2 heterocycles. The van der Waals surface area contributed by atoms with E-state index in [1.165, 1.54) is 11.9 Å². The average molecular weight is 409 g/mol. The molecule has 0 radical (unpaired) electrons. The van der Waals surface area contributed by atoms with Gasteiger partial charge < -0.3 is 15.5 Å². The third kappa shape index (κ3) is 3.28. The van der Waals surface area contributed by atoms with Gasteiger partial charge in [0.1, 0.15) is 12.1 Å². The molecule has 0 saturated carbocycles. The third-order valence-corrected chi connectivity index (χ3v) is 4.91. The molecule has 6 heteroatoms. The molecule has 0 atom stereocenters. The maximum Gasteiger partial charge on any atom is 0.233 e. The van der Waals surface area contributed by atoms with E-state index >= 15 is 0 Å². The number of anilines is 2. The van der Waals surface area contributed by atoms with E-state index in [9.17, 15) is 0 Å². The van der Waals surface area contributed by atoms with Gasteiger partial charge in [-0.05, 0) is 40.0 Å². The van der Waals surface area contributed by atoms with Crippen molar-refractivity contribution in [1.29, 1.82) is 0 Å². The van der Waals surface area contributed by atoms with Crippen molar-refractivity contribution >= 4 is 38.5 Å². The zero-order chi connectivity index (χ0) is 17.9. The van der Waals surface area contributed by atoms with Crippen molar-refractivity contribution in [1.82, 2.24) is 9.97 Å². The van der Waals surface area contributed by atoms with Crippen LogP contribution in [0.2, 0.25) is 0 Å². The lowest BCUT2D eigenvalue weighted by molar-refractivity contribution is 0.616. The summed E-state index contributed by atoms with van der Waals surface area (Å²) >= 11 is 3.66. The van der Waals surface area contributed by atoms with E-state index in [1.54, 1.807) is 0 Å². The number of nitrogen functional groups attached to an aromatic ring is 1. The molecule has 0 bridgehead atoms. The first-order valence-electron chi connectivity index (χ1n) is 8.29. The second-order valence-corrected chi connectivity index (χ2v) is 6.72. The zero-order valence-electron chi connectivity index (χ0n) is 13.9. The number of aromatic nitrogens is 2. The smallest absolute Gasteiger partial charge is 0.233 e. The quantitative estimate of drug-likeness (QED) is 0.459. The van der Waals surface area contributed by atoms with Gasteiger partial charge in [-0.15, -0.1) is 0 Å². The van der Waals surface area contributed by atoms with Crippen LogP contribution in [0.5, 0.6) is 0 Å².